The molecule has 0 saturated carbocycles. The van der Waals surface area contributed by atoms with Crippen molar-refractivity contribution in [3.8, 4) is 5.75 Å². The molecule has 0 radical (unpaired) electrons. The number of aromatic nitrogens is 2. The molecular formula is C19H15F2N3O3. The van der Waals surface area contributed by atoms with Gasteiger partial charge in [0.15, 0.2) is 5.69 Å². The highest BCUT2D eigenvalue weighted by atomic mass is 19.3. The van der Waals surface area contributed by atoms with Crippen molar-refractivity contribution in [1.29, 1.82) is 0 Å². The van der Waals surface area contributed by atoms with Gasteiger partial charge in [0.2, 0.25) is 0 Å². The van der Waals surface area contributed by atoms with Crippen LogP contribution in [0.2, 0.25) is 0 Å². The standard InChI is InChI=1S/C19H15F2N3O3/c1-11-13-8-7-12(19(20,21)18(25)26)9-16(13)24(23-11)10-14-15(22-2)5-4-6-17(14)27-3/h4-9H,10H2,1,3H3,(H,25,26). The van der Waals surface area contributed by atoms with E-state index in [2.05, 4.69) is 9.94 Å². The second-order valence-corrected chi connectivity index (χ2v) is 5.92. The Balaban J connectivity index is 2.17. The molecule has 1 heterocycles. The summed E-state index contributed by atoms with van der Waals surface area (Å²) >= 11 is 0. The number of rotatable bonds is 5. The molecule has 0 aliphatic carbocycles. The highest BCUT2D eigenvalue weighted by Crippen LogP contribution is 2.34. The molecule has 0 amide bonds. The summed E-state index contributed by atoms with van der Waals surface area (Å²) in [5, 5.41) is 13.8. The highest BCUT2D eigenvalue weighted by Gasteiger charge is 2.41. The van der Waals surface area contributed by atoms with Crippen molar-refractivity contribution in [1.82, 2.24) is 9.78 Å². The van der Waals surface area contributed by atoms with Gasteiger partial charge in [-0.2, -0.15) is 13.9 Å². The number of carbonyl (C=O) groups is 1. The van der Waals surface area contributed by atoms with Crippen LogP contribution in [0.4, 0.5) is 14.5 Å². The van der Waals surface area contributed by atoms with Crippen LogP contribution in [0, 0.1) is 13.5 Å². The van der Waals surface area contributed by atoms with Gasteiger partial charge in [-0.25, -0.2) is 9.64 Å². The van der Waals surface area contributed by atoms with Crippen molar-refractivity contribution < 1.29 is 23.4 Å². The van der Waals surface area contributed by atoms with Gasteiger partial charge in [0.25, 0.3) is 0 Å². The van der Waals surface area contributed by atoms with Gasteiger partial charge in [0.1, 0.15) is 5.75 Å². The zero-order chi connectivity index (χ0) is 19.8. The van der Waals surface area contributed by atoms with Crippen LogP contribution in [-0.2, 0) is 17.3 Å². The number of nitrogens with zero attached hydrogens (tertiary/aromatic N) is 3. The molecule has 27 heavy (non-hydrogen) atoms. The molecule has 3 aromatic rings. The quantitative estimate of drug-likeness (QED) is 0.685. The Morgan fingerprint density at radius 2 is 2.11 bits per heavy atom. The van der Waals surface area contributed by atoms with Gasteiger partial charge in [0.05, 0.1) is 31.4 Å². The van der Waals surface area contributed by atoms with Crippen LogP contribution in [0.15, 0.2) is 36.4 Å². The monoisotopic (exact) mass is 371 g/mol. The number of hydrogen-bond donors (Lipinski definition) is 1. The molecule has 1 N–H and O–H groups in total. The van der Waals surface area contributed by atoms with E-state index in [1.807, 2.05) is 0 Å². The third kappa shape index (κ3) is 3.08. The molecule has 0 spiro atoms. The van der Waals surface area contributed by atoms with E-state index >= 15 is 0 Å². The number of halogens is 2. The largest absolute Gasteiger partial charge is 0.498 e. The average Bonchev–Trinajstić information content (AvgIpc) is 2.97. The lowest BCUT2D eigenvalue weighted by molar-refractivity contribution is -0.166. The first kappa shape index (κ1) is 18.3. The maximum atomic E-state index is 13.9. The number of ether oxygens (including phenoxy) is 1. The van der Waals surface area contributed by atoms with Crippen LogP contribution < -0.4 is 4.74 Å². The Bertz CT molecular complexity index is 1080. The summed E-state index contributed by atoms with van der Waals surface area (Å²) in [5.41, 5.74) is 1.26. The summed E-state index contributed by atoms with van der Waals surface area (Å²) in [5.74, 6) is -5.75. The molecule has 0 fully saturated rings. The van der Waals surface area contributed by atoms with Gasteiger partial charge >= 0.3 is 11.9 Å². The third-order valence-electron chi connectivity index (χ3n) is 4.32. The second kappa shape index (κ2) is 6.68. The fraction of sp³-hybridized carbons (Fsp3) is 0.211. The van der Waals surface area contributed by atoms with E-state index in [1.165, 1.54) is 17.9 Å². The lowest BCUT2D eigenvalue weighted by Crippen LogP contribution is -2.25. The molecule has 3 rings (SSSR count). The lowest BCUT2D eigenvalue weighted by atomic mass is 10.1. The molecule has 6 nitrogen and oxygen atoms in total. The van der Waals surface area contributed by atoms with Crippen LogP contribution in [0.3, 0.4) is 0 Å². The minimum atomic E-state index is -4.01. The molecule has 0 aliphatic rings. The Hall–Kier alpha value is -3.47. The first-order valence-electron chi connectivity index (χ1n) is 7.91. The molecule has 0 unspecified atom stereocenters. The molecule has 0 atom stereocenters. The number of aryl methyl sites for hydroxylation is 1. The van der Waals surface area contributed by atoms with E-state index in [0.29, 0.717) is 33.6 Å². The Morgan fingerprint density at radius 1 is 1.37 bits per heavy atom. The van der Waals surface area contributed by atoms with Crippen molar-refractivity contribution in [2.24, 2.45) is 0 Å². The van der Waals surface area contributed by atoms with Crippen LogP contribution >= 0.6 is 0 Å². The summed E-state index contributed by atoms with van der Waals surface area (Å²) in [7, 11) is 1.48. The number of hydrogen-bond acceptors (Lipinski definition) is 3. The first-order valence-corrected chi connectivity index (χ1v) is 7.91. The molecule has 0 saturated heterocycles. The van der Waals surface area contributed by atoms with E-state index in [4.69, 9.17) is 16.4 Å². The van der Waals surface area contributed by atoms with E-state index in [0.717, 1.165) is 12.1 Å². The number of carboxylic acid groups (broad SMARTS) is 1. The van der Waals surface area contributed by atoms with Crippen molar-refractivity contribution in [2.75, 3.05) is 7.11 Å². The number of aliphatic carboxylic acids is 1. The summed E-state index contributed by atoms with van der Waals surface area (Å²) in [6.07, 6.45) is 0. The number of benzene rings is 2. The first-order chi connectivity index (χ1) is 12.8. The number of methoxy groups -OCH3 is 1. The van der Waals surface area contributed by atoms with Crippen molar-refractivity contribution in [3.05, 3.63) is 64.6 Å². The Labute approximate surface area is 153 Å². The molecule has 1 aromatic heterocycles. The Kier molecular flexibility index (Phi) is 4.54. The fourth-order valence-corrected chi connectivity index (χ4v) is 2.94. The zero-order valence-electron chi connectivity index (χ0n) is 14.5. The predicted molar refractivity (Wildman–Crippen MR) is 94.4 cm³/mol. The molecule has 0 aliphatic heterocycles. The lowest BCUT2D eigenvalue weighted by Gasteiger charge is -2.13. The van der Waals surface area contributed by atoms with Crippen LogP contribution in [0.1, 0.15) is 16.8 Å². The Morgan fingerprint density at radius 3 is 2.74 bits per heavy atom. The van der Waals surface area contributed by atoms with E-state index in [-0.39, 0.29) is 6.54 Å². The minimum Gasteiger partial charge on any atom is -0.498 e. The third-order valence-corrected chi connectivity index (χ3v) is 4.32. The van der Waals surface area contributed by atoms with Gasteiger partial charge in [-0.1, -0.05) is 24.3 Å². The second-order valence-electron chi connectivity index (χ2n) is 5.92. The van der Waals surface area contributed by atoms with Gasteiger partial charge < -0.3 is 9.84 Å². The molecule has 8 heteroatoms. The van der Waals surface area contributed by atoms with Gasteiger partial charge in [-0.3, -0.25) is 4.68 Å². The van der Waals surface area contributed by atoms with Gasteiger partial charge in [-0.05, 0) is 19.1 Å². The number of fused-ring (bicyclic) bond motifs is 1. The van der Waals surface area contributed by atoms with E-state index in [9.17, 15) is 13.6 Å². The molecule has 138 valence electrons. The van der Waals surface area contributed by atoms with Gasteiger partial charge in [0, 0.05) is 16.5 Å². The summed E-state index contributed by atoms with van der Waals surface area (Å²) in [4.78, 5) is 14.4. The fourth-order valence-electron chi connectivity index (χ4n) is 2.94. The van der Waals surface area contributed by atoms with Gasteiger partial charge in [-0.15, -0.1) is 0 Å². The van der Waals surface area contributed by atoms with Crippen molar-refractivity contribution >= 4 is 22.6 Å². The number of carboxylic acids is 1. The predicted octanol–water partition coefficient (Wildman–Crippen LogP) is 4.13. The normalized spacial score (nSPS) is 11.4. The van der Waals surface area contributed by atoms with Crippen molar-refractivity contribution in [3.63, 3.8) is 0 Å². The summed E-state index contributed by atoms with van der Waals surface area (Å²) in [6.45, 7) is 9.18. The molecule has 0 bridgehead atoms. The van der Waals surface area contributed by atoms with Crippen LogP contribution in [0.25, 0.3) is 15.7 Å². The SMILES string of the molecule is [C-]#[N+]c1cccc(OC)c1Cn1nc(C)c2ccc(C(F)(F)C(=O)O)cc21. The maximum Gasteiger partial charge on any atom is 0.379 e. The number of alkyl halides is 2. The van der Waals surface area contributed by atoms with Crippen LogP contribution in [-0.4, -0.2) is 28.0 Å². The topological polar surface area (TPSA) is 68.7 Å². The van der Waals surface area contributed by atoms with Crippen LogP contribution in [0.5, 0.6) is 5.75 Å². The minimum absolute atomic E-state index is 0.119. The summed E-state index contributed by atoms with van der Waals surface area (Å²) < 4.78 is 34.6. The van der Waals surface area contributed by atoms with Crippen molar-refractivity contribution in [2.45, 2.75) is 19.4 Å². The highest BCUT2D eigenvalue weighted by molar-refractivity contribution is 5.85. The smallest absolute Gasteiger partial charge is 0.379 e. The van der Waals surface area contributed by atoms with E-state index in [1.54, 1.807) is 25.1 Å². The van der Waals surface area contributed by atoms with E-state index < -0.39 is 17.5 Å². The molecular weight excluding hydrogens is 356 g/mol. The zero-order valence-corrected chi connectivity index (χ0v) is 14.5. The molecule has 2 aromatic carbocycles. The summed E-state index contributed by atoms with van der Waals surface area (Å²) in [6, 6.07) is 8.66. The maximum absolute atomic E-state index is 13.9. The average molecular weight is 371 g/mol.